The fourth-order valence-corrected chi connectivity index (χ4v) is 3.77. The van der Waals surface area contributed by atoms with E-state index in [2.05, 4.69) is 10.3 Å². The summed E-state index contributed by atoms with van der Waals surface area (Å²) in [6.45, 7) is 3.70. The number of benzene rings is 1. The zero-order valence-corrected chi connectivity index (χ0v) is 17.4. The maximum atomic E-state index is 13.0. The number of morpholine rings is 1. The molecule has 160 valence electrons. The topological polar surface area (TPSA) is 88.9 Å². The molecule has 1 aromatic heterocycles. The third-order valence-corrected chi connectivity index (χ3v) is 5.60. The van der Waals surface area contributed by atoms with Gasteiger partial charge in [0.15, 0.2) is 0 Å². The molecule has 2 aliphatic heterocycles. The van der Waals surface area contributed by atoms with Gasteiger partial charge in [0.25, 0.3) is 5.56 Å². The first kappa shape index (κ1) is 20.2. The van der Waals surface area contributed by atoms with Crippen LogP contribution in [-0.2, 0) is 31.3 Å². The van der Waals surface area contributed by atoms with E-state index in [1.807, 2.05) is 24.3 Å². The van der Waals surface area contributed by atoms with Crippen molar-refractivity contribution in [1.82, 2.24) is 19.4 Å². The molecule has 0 aliphatic carbocycles. The van der Waals surface area contributed by atoms with Crippen molar-refractivity contribution in [1.29, 1.82) is 0 Å². The SMILES string of the molecule is COc1ccc(CNc2nc3c(c(=O)n2C)CN(C(=O)N2CCOCC2)CC3)cc1. The second-order valence-electron chi connectivity index (χ2n) is 7.48. The van der Waals surface area contributed by atoms with E-state index in [-0.39, 0.29) is 11.6 Å². The van der Waals surface area contributed by atoms with Gasteiger partial charge in [0.1, 0.15) is 5.75 Å². The molecule has 1 N–H and O–H groups in total. The van der Waals surface area contributed by atoms with E-state index in [1.165, 1.54) is 4.57 Å². The second kappa shape index (κ2) is 8.74. The lowest BCUT2D eigenvalue weighted by Gasteiger charge is -2.35. The first-order valence-corrected chi connectivity index (χ1v) is 10.1. The Morgan fingerprint density at radius 2 is 1.90 bits per heavy atom. The molecular weight excluding hydrogens is 386 g/mol. The molecule has 2 amide bonds. The van der Waals surface area contributed by atoms with Gasteiger partial charge in [0, 0.05) is 39.6 Å². The highest BCUT2D eigenvalue weighted by molar-refractivity contribution is 5.75. The van der Waals surface area contributed by atoms with Gasteiger partial charge in [-0.2, -0.15) is 0 Å². The van der Waals surface area contributed by atoms with Crippen molar-refractivity contribution < 1.29 is 14.3 Å². The van der Waals surface area contributed by atoms with Crippen LogP contribution in [0.3, 0.4) is 0 Å². The number of hydrogen-bond donors (Lipinski definition) is 1. The number of hydrogen-bond acceptors (Lipinski definition) is 6. The molecular formula is C21H27N5O4. The molecule has 0 unspecified atom stereocenters. The lowest BCUT2D eigenvalue weighted by Crippen LogP contribution is -2.50. The van der Waals surface area contributed by atoms with Crippen LogP contribution in [0.5, 0.6) is 5.75 Å². The normalized spacial score (nSPS) is 16.2. The molecule has 2 aliphatic rings. The smallest absolute Gasteiger partial charge is 0.320 e. The summed E-state index contributed by atoms with van der Waals surface area (Å²) in [7, 11) is 3.34. The molecule has 30 heavy (non-hydrogen) atoms. The Labute approximate surface area is 175 Å². The van der Waals surface area contributed by atoms with E-state index in [0.29, 0.717) is 63.9 Å². The van der Waals surface area contributed by atoms with E-state index in [0.717, 1.165) is 17.0 Å². The number of nitrogens with one attached hydrogen (secondary N) is 1. The number of methoxy groups -OCH3 is 1. The molecule has 9 heteroatoms. The molecule has 1 fully saturated rings. The number of ether oxygens (including phenoxy) is 2. The average Bonchev–Trinajstić information content (AvgIpc) is 2.80. The first-order valence-electron chi connectivity index (χ1n) is 10.1. The van der Waals surface area contributed by atoms with Crippen molar-refractivity contribution >= 4 is 12.0 Å². The molecule has 0 bridgehead atoms. The predicted molar refractivity (Wildman–Crippen MR) is 112 cm³/mol. The molecule has 1 aromatic carbocycles. The Morgan fingerprint density at radius 1 is 1.17 bits per heavy atom. The van der Waals surface area contributed by atoms with Gasteiger partial charge in [-0.1, -0.05) is 12.1 Å². The van der Waals surface area contributed by atoms with E-state index in [4.69, 9.17) is 9.47 Å². The minimum atomic E-state index is -0.114. The van der Waals surface area contributed by atoms with Gasteiger partial charge in [-0.3, -0.25) is 9.36 Å². The lowest BCUT2D eigenvalue weighted by atomic mass is 10.1. The maximum absolute atomic E-state index is 13.0. The van der Waals surface area contributed by atoms with Gasteiger partial charge in [-0.05, 0) is 17.7 Å². The van der Waals surface area contributed by atoms with Gasteiger partial charge in [-0.15, -0.1) is 0 Å². The van der Waals surface area contributed by atoms with Crippen LogP contribution in [0.15, 0.2) is 29.1 Å². The van der Waals surface area contributed by atoms with E-state index in [9.17, 15) is 9.59 Å². The quantitative estimate of drug-likeness (QED) is 0.811. The van der Waals surface area contributed by atoms with Crippen molar-refractivity contribution in [2.75, 3.05) is 45.3 Å². The number of urea groups is 1. The number of fused-ring (bicyclic) bond motifs is 1. The summed E-state index contributed by atoms with van der Waals surface area (Å²) in [6.07, 6.45) is 0.568. The Hall–Kier alpha value is -3.07. The molecule has 9 nitrogen and oxygen atoms in total. The number of anilines is 1. The molecule has 0 atom stereocenters. The zero-order chi connectivity index (χ0) is 21.1. The highest BCUT2D eigenvalue weighted by Gasteiger charge is 2.29. The molecule has 0 radical (unpaired) electrons. The number of nitrogens with zero attached hydrogens (tertiary/aromatic N) is 4. The third kappa shape index (κ3) is 4.11. The van der Waals surface area contributed by atoms with Crippen LogP contribution in [-0.4, -0.2) is 65.3 Å². The van der Waals surface area contributed by atoms with Crippen LogP contribution in [0.4, 0.5) is 10.7 Å². The summed E-state index contributed by atoms with van der Waals surface area (Å²) < 4.78 is 12.0. The minimum Gasteiger partial charge on any atom is -0.497 e. The largest absolute Gasteiger partial charge is 0.497 e. The summed E-state index contributed by atoms with van der Waals surface area (Å²) in [5, 5.41) is 3.25. The fourth-order valence-electron chi connectivity index (χ4n) is 3.77. The number of aromatic nitrogens is 2. The van der Waals surface area contributed by atoms with Gasteiger partial charge in [-0.25, -0.2) is 9.78 Å². The fraction of sp³-hybridized carbons (Fsp3) is 0.476. The summed E-state index contributed by atoms with van der Waals surface area (Å²) in [4.78, 5) is 34.0. The van der Waals surface area contributed by atoms with E-state index in [1.54, 1.807) is 24.0 Å². The van der Waals surface area contributed by atoms with Crippen LogP contribution in [0.1, 0.15) is 16.8 Å². The average molecular weight is 413 g/mol. The highest BCUT2D eigenvalue weighted by atomic mass is 16.5. The Bertz CT molecular complexity index is 967. The molecule has 3 heterocycles. The van der Waals surface area contributed by atoms with Crippen molar-refractivity contribution in [2.24, 2.45) is 7.05 Å². The molecule has 2 aromatic rings. The van der Waals surface area contributed by atoms with Gasteiger partial charge in [0.2, 0.25) is 5.95 Å². The van der Waals surface area contributed by atoms with Crippen molar-refractivity contribution in [3.8, 4) is 5.75 Å². The Morgan fingerprint density at radius 3 is 2.60 bits per heavy atom. The second-order valence-corrected chi connectivity index (χ2v) is 7.48. The van der Waals surface area contributed by atoms with Gasteiger partial charge >= 0.3 is 6.03 Å². The summed E-state index contributed by atoms with van der Waals surface area (Å²) in [5.41, 5.74) is 2.31. The van der Waals surface area contributed by atoms with Crippen LogP contribution >= 0.6 is 0 Å². The number of carbonyl (C=O) groups excluding carboxylic acids is 1. The number of carbonyl (C=O) groups is 1. The summed E-state index contributed by atoms with van der Waals surface area (Å²) >= 11 is 0. The van der Waals surface area contributed by atoms with Gasteiger partial charge in [0.05, 0.1) is 38.1 Å². The van der Waals surface area contributed by atoms with Crippen molar-refractivity contribution in [2.45, 2.75) is 19.5 Å². The number of amides is 2. The van der Waals surface area contributed by atoms with E-state index < -0.39 is 0 Å². The third-order valence-electron chi connectivity index (χ3n) is 5.60. The van der Waals surface area contributed by atoms with Crippen LogP contribution in [0.25, 0.3) is 0 Å². The first-order chi connectivity index (χ1) is 14.6. The Kier molecular flexibility index (Phi) is 5.89. The zero-order valence-electron chi connectivity index (χ0n) is 17.4. The van der Waals surface area contributed by atoms with Crippen molar-refractivity contribution in [3.63, 3.8) is 0 Å². The maximum Gasteiger partial charge on any atom is 0.320 e. The molecule has 4 rings (SSSR count). The van der Waals surface area contributed by atoms with E-state index >= 15 is 0 Å². The molecule has 0 saturated carbocycles. The summed E-state index contributed by atoms with van der Waals surface area (Å²) in [6, 6.07) is 7.70. The van der Waals surface area contributed by atoms with Crippen molar-refractivity contribution in [3.05, 3.63) is 51.4 Å². The van der Waals surface area contributed by atoms with Crippen LogP contribution in [0.2, 0.25) is 0 Å². The Balaban J connectivity index is 1.47. The van der Waals surface area contributed by atoms with Crippen LogP contribution in [0, 0.1) is 0 Å². The molecule has 1 saturated heterocycles. The van der Waals surface area contributed by atoms with Crippen LogP contribution < -0.4 is 15.6 Å². The monoisotopic (exact) mass is 413 g/mol. The summed E-state index contributed by atoms with van der Waals surface area (Å²) in [5.74, 6) is 1.33. The van der Waals surface area contributed by atoms with Gasteiger partial charge < -0.3 is 24.6 Å². The number of rotatable bonds is 4. The standard InChI is InChI=1S/C21H27N5O4/c1-24-19(27)17-14-26(21(28)25-9-11-30-12-10-25)8-7-18(17)23-20(24)22-13-15-3-5-16(29-2)6-4-15/h3-6H,7-14H2,1-2H3,(H,22,23). The highest BCUT2D eigenvalue weighted by Crippen LogP contribution is 2.18. The predicted octanol–water partition coefficient (Wildman–Crippen LogP) is 1.21. The lowest BCUT2D eigenvalue weighted by molar-refractivity contribution is 0.0420. The minimum absolute atomic E-state index is 0.0345. The molecule has 0 spiro atoms.